The van der Waals surface area contributed by atoms with Crippen LogP contribution >= 0.6 is 0 Å². The van der Waals surface area contributed by atoms with E-state index < -0.39 is 11.7 Å². The van der Waals surface area contributed by atoms with Gasteiger partial charge in [0, 0.05) is 13.0 Å². The minimum Gasteiger partial charge on any atom is -0.314 e. The first-order valence-electron chi connectivity index (χ1n) is 6.63. The largest absolute Gasteiger partial charge is 0.417 e. The van der Waals surface area contributed by atoms with Crippen molar-refractivity contribution in [1.29, 1.82) is 5.41 Å². The van der Waals surface area contributed by atoms with Gasteiger partial charge in [-0.2, -0.15) is 13.2 Å². The Morgan fingerprint density at radius 2 is 1.95 bits per heavy atom. The number of nitrogens with one attached hydrogen (secondary N) is 1. The molecule has 1 N–H and O–H groups in total. The van der Waals surface area contributed by atoms with Gasteiger partial charge in [0.05, 0.1) is 16.5 Å². The van der Waals surface area contributed by atoms with Crippen LogP contribution < -0.4 is 5.49 Å². The lowest BCUT2D eigenvalue weighted by Crippen LogP contribution is -2.26. The second kappa shape index (κ2) is 4.61. The molecular formula is C14H14F3N3. The number of benzene rings is 1. The summed E-state index contributed by atoms with van der Waals surface area (Å²) in [6.07, 6.45) is -0.873. The fraction of sp³-hybridized carbons (Fsp3) is 0.429. The van der Waals surface area contributed by atoms with Crippen LogP contribution in [0.5, 0.6) is 0 Å². The van der Waals surface area contributed by atoms with Crippen molar-refractivity contribution in [3.05, 3.63) is 35.1 Å². The zero-order chi connectivity index (χ0) is 14.3. The van der Waals surface area contributed by atoms with E-state index in [0.717, 1.165) is 37.6 Å². The maximum atomic E-state index is 13.1. The van der Waals surface area contributed by atoms with E-state index >= 15 is 0 Å². The highest BCUT2D eigenvalue weighted by Gasteiger charge is 2.33. The van der Waals surface area contributed by atoms with E-state index in [-0.39, 0.29) is 16.4 Å². The van der Waals surface area contributed by atoms with Crippen molar-refractivity contribution in [2.24, 2.45) is 0 Å². The fourth-order valence-corrected chi connectivity index (χ4v) is 2.74. The highest BCUT2D eigenvalue weighted by atomic mass is 19.4. The molecule has 3 rings (SSSR count). The molecule has 106 valence electrons. The molecule has 0 fully saturated rings. The molecule has 0 bridgehead atoms. The van der Waals surface area contributed by atoms with Gasteiger partial charge in [-0.3, -0.25) is 5.41 Å². The number of aryl methyl sites for hydroxylation is 1. The number of hydrogen-bond donors (Lipinski definition) is 1. The van der Waals surface area contributed by atoms with Crippen LogP contribution in [0.1, 0.15) is 30.7 Å². The lowest BCUT2D eigenvalue weighted by atomic mass is 10.1. The second-order valence-electron chi connectivity index (χ2n) is 5.04. The maximum Gasteiger partial charge on any atom is 0.417 e. The summed E-state index contributed by atoms with van der Waals surface area (Å²) in [5.74, 6) is 0.722. The van der Waals surface area contributed by atoms with Crippen LogP contribution in [-0.4, -0.2) is 9.55 Å². The topological polar surface area (TPSA) is 41.7 Å². The predicted octanol–water partition coefficient (Wildman–Crippen LogP) is 3.26. The summed E-state index contributed by atoms with van der Waals surface area (Å²) in [6, 6.07) is 3.92. The third-order valence-electron chi connectivity index (χ3n) is 3.70. The number of alkyl halides is 3. The predicted molar refractivity (Wildman–Crippen MR) is 68.1 cm³/mol. The summed E-state index contributed by atoms with van der Waals surface area (Å²) in [5, 5.41) is 8.07. The number of hydrogen-bond acceptors (Lipinski definition) is 2. The van der Waals surface area contributed by atoms with Crippen LogP contribution in [0.15, 0.2) is 18.2 Å². The Kier molecular flexibility index (Phi) is 3.03. The van der Waals surface area contributed by atoms with Crippen molar-refractivity contribution >= 4 is 10.9 Å². The number of fused-ring (bicyclic) bond motifs is 2. The number of nitrogens with zero attached hydrogens (tertiary/aromatic N) is 2. The third kappa shape index (κ3) is 2.09. The molecule has 0 saturated heterocycles. The number of aromatic nitrogens is 2. The van der Waals surface area contributed by atoms with E-state index in [4.69, 9.17) is 5.41 Å². The molecule has 2 aromatic rings. The first-order valence-corrected chi connectivity index (χ1v) is 6.63. The first-order chi connectivity index (χ1) is 9.48. The monoisotopic (exact) mass is 281 g/mol. The Morgan fingerprint density at radius 1 is 1.15 bits per heavy atom. The molecule has 0 amide bonds. The molecule has 1 aromatic carbocycles. The molecule has 1 aliphatic heterocycles. The van der Waals surface area contributed by atoms with Crippen LogP contribution in [0.2, 0.25) is 0 Å². The van der Waals surface area contributed by atoms with Gasteiger partial charge in [-0.15, -0.1) is 0 Å². The van der Waals surface area contributed by atoms with Crippen molar-refractivity contribution in [3.8, 4) is 0 Å². The Balaban J connectivity index is 2.37. The van der Waals surface area contributed by atoms with Gasteiger partial charge in [0.2, 0.25) is 0 Å². The fourth-order valence-electron chi connectivity index (χ4n) is 2.74. The summed E-state index contributed by atoms with van der Waals surface area (Å²) in [6.45, 7) is 0.573. The third-order valence-corrected chi connectivity index (χ3v) is 3.70. The van der Waals surface area contributed by atoms with Gasteiger partial charge in [-0.1, -0.05) is 12.5 Å². The van der Waals surface area contributed by atoms with Gasteiger partial charge in [-0.25, -0.2) is 4.98 Å². The molecular weight excluding hydrogens is 267 g/mol. The average molecular weight is 281 g/mol. The van der Waals surface area contributed by atoms with Gasteiger partial charge >= 0.3 is 6.18 Å². The molecule has 20 heavy (non-hydrogen) atoms. The Hall–Kier alpha value is -1.85. The van der Waals surface area contributed by atoms with E-state index in [1.807, 2.05) is 0 Å². The average Bonchev–Trinajstić information content (AvgIpc) is 2.62. The summed E-state index contributed by atoms with van der Waals surface area (Å²) < 4.78 is 40.9. The van der Waals surface area contributed by atoms with Gasteiger partial charge in [-0.05, 0) is 25.0 Å². The summed E-state index contributed by atoms with van der Waals surface area (Å²) in [4.78, 5) is 4.35. The Bertz CT molecular complexity index is 716. The second-order valence-corrected chi connectivity index (χ2v) is 5.04. The van der Waals surface area contributed by atoms with Gasteiger partial charge in [0.25, 0.3) is 0 Å². The normalized spacial score (nSPS) is 15.9. The number of rotatable bonds is 0. The molecule has 0 atom stereocenters. The molecule has 6 heteroatoms. The van der Waals surface area contributed by atoms with Crippen LogP contribution in [0.3, 0.4) is 0 Å². The number of halogens is 3. The zero-order valence-corrected chi connectivity index (χ0v) is 10.8. The molecule has 0 aliphatic carbocycles. The SMILES string of the molecule is N=c1c2c(C(F)(F)F)cccc2nc2n1CCCCC2. The van der Waals surface area contributed by atoms with Crippen LogP contribution in [-0.2, 0) is 19.1 Å². The molecule has 1 aromatic heterocycles. The van der Waals surface area contributed by atoms with Crippen molar-refractivity contribution in [2.75, 3.05) is 0 Å². The molecule has 0 saturated carbocycles. The quantitative estimate of drug-likeness (QED) is 0.791. The summed E-state index contributed by atoms with van der Waals surface area (Å²) in [5.41, 5.74) is -0.579. The zero-order valence-electron chi connectivity index (χ0n) is 10.8. The molecule has 0 spiro atoms. The highest BCUT2D eigenvalue weighted by Crippen LogP contribution is 2.33. The maximum absolute atomic E-state index is 13.1. The minimum atomic E-state index is -4.46. The Labute approximate surface area is 113 Å². The van der Waals surface area contributed by atoms with Crippen LogP contribution in [0.4, 0.5) is 13.2 Å². The van der Waals surface area contributed by atoms with Crippen molar-refractivity contribution in [3.63, 3.8) is 0 Å². The van der Waals surface area contributed by atoms with Gasteiger partial charge in [0.1, 0.15) is 11.3 Å². The van der Waals surface area contributed by atoms with E-state index in [1.54, 1.807) is 10.6 Å². The van der Waals surface area contributed by atoms with Crippen LogP contribution in [0, 0.1) is 5.41 Å². The molecule has 3 nitrogen and oxygen atoms in total. The van der Waals surface area contributed by atoms with E-state index in [0.29, 0.717) is 6.54 Å². The summed E-state index contributed by atoms with van der Waals surface area (Å²) >= 11 is 0. The summed E-state index contributed by atoms with van der Waals surface area (Å²) in [7, 11) is 0. The smallest absolute Gasteiger partial charge is 0.314 e. The lowest BCUT2D eigenvalue weighted by molar-refractivity contribution is -0.136. The van der Waals surface area contributed by atoms with Gasteiger partial charge in [0.15, 0.2) is 0 Å². The van der Waals surface area contributed by atoms with Crippen molar-refractivity contribution < 1.29 is 13.2 Å². The molecule has 0 unspecified atom stereocenters. The highest BCUT2D eigenvalue weighted by molar-refractivity contribution is 5.81. The van der Waals surface area contributed by atoms with Crippen molar-refractivity contribution in [1.82, 2.24) is 9.55 Å². The molecule has 1 aliphatic rings. The first kappa shape index (κ1) is 13.1. The van der Waals surface area contributed by atoms with Crippen LogP contribution in [0.25, 0.3) is 10.9 Å². The Morgan fingerprint density at radius 3 is 2.70 bits per heavy atom. The standard InChI is InChI=1S/C14H14F3N3/c15-14(16,17)9-5-4-6-10-12(9)13(18)20-8-3-1-2-7-11(20)19-10/h4-6,18H,1-3,7-8H2. The van der Waals surface area contributed by atoms with E-state index in [9.17, 15) is 13.2 Å². The van der Waals surface area contributed by atoms with E-state index in [1.165, 1.54) is 6.07 Å². The van der Waals surface area contributed by atoms with Crippen molar-refractivity contribution in [2.45, 2.75) is 38.4 Å². The molecule has 0 radical (unpaired) electrons. The minimum absolute atomic E-state index is 0.0696. The van der Waals surface area contributed by atoms with Gasteiger partial charge < -0.3 is 4.57 Å². The lowest BCUT2D eigenvalue weighted by Gasteiger charge is -2.15. The van der Waals surface area contributed by atoms with E-state index in [2.05, 4.69) is 4.98 Å². The molecule has 2 heterocycles.